The largest absolute Gasteiger partial charge is 0.573 e. The topological polar surface area (TPSA) is 59.6 Å². The Kier molecular flexibility index (Phi) is 4.82. The molecule has 0 bridgehead atoms. The van der Waals surface area contributed by atoms with Crippen molar-refractivity contribution in [2.45, 2.75) is 19.7 Å². The molecule has 0 amide bonds. The molecule has 4 nitrogen and oxygen atoms in total. The number of halogens is 3. The van der Waals surface area contributed by atoms with Crippen molar-refractivity contribution >= 4 is 11.6 Å². The molecule has 0 saturated heterocycles. The molecule has 0 heterocycles. The third-order valence-corrected chi connectivity index (χ3v) is 1.85. The van der Waals surface area contributed by atoms with Crippen molar-refractivity contribution in [2.24, 2.45) is 10.7 Å². The molecule has 0 radical (unpaired) electrons. The number of nitrogens with zero attached hydrogens (tertiary/aromatic N) is 1. The average Bonchev–Trinajstić information content (AvgIpc) is 2.24. The van der Waals surface area contributed by atoms with Crippen molar-refractivity contribution in [1.82, 2.24) is 0 Å². The molecule has 0 aliphatic heterocycles. The van der Waals surface area contributed by atoms with Crippen LogP contribution in [0.1, 0.15) is 13.3 Å². The van der Waals surface area contributed by atoms with Crippen molar-refractivity contribution < 1.29 is 17.9 Å². The minimum atomic E-state index is -4.71. The van der Waals surface area contributed by atoms with Crippen molar-refractivity contribution in [3.63, 3.8) is 0 Å². The number of guanidine groups is 1. The number of aliphatic imine (C=N–C) groups is 1. The molecule has 18 heavy (non-hydrogen) atoms. The first-order valence-electron chi connectivity index (χ1n) is 5.33. The molecule has 0 aliphatic rings. The first-order valence-corrected chi connectivity index (χ1v) is 5.33. The van der Waals surface area contributed by atoms with E-state index in [1.54, 1.807) is 6.07 Å². The standard InChI is InChI=1S/C11H14F3N3O/c1-2-6-16-10(15)17-8-4-3-5-9(7-8)18-11(12,13)14/h3-5,7H,2,6H2,1H3,(H3,15,16,17). The average molecular weight is 261 g/mol. The molecule has 0 fully saturated rings. The van der Waals surface area contributed by atoms with Crippen molar-refractivity contribution in [3.8, 4) is 5.75 Å². The van der Waals surface area contributed by atoms with Gasteiger partial charge < -0.3 is 15.8 Å². The molecule has 1 aromatic carbocycles. The van der Waals surface area contributed by atoms with Gasteiger partial charge in [0.25, 0.3) is 0 Å². The van der Waals surface area contributed by atoms with Gasteiger partial charge in [0.1, 0.15) is 5.75 Å². The Hall–Kier alpha value is -1.92. The number of nitrogens with two attached hydrogens (primary N) is 1. The van der Waals surface area contributed by atoms with Crippen LogP contribution < -0.4 is 15.8 Å². The molecule has 0 saturated carbocycles. The molecule has 0 unspecified atom stereocenters. The van der Waals surface area contributed by atoms with Gasteiger partial charge in [0, 0.05) is 18.3 Å². The number of anilines is 1. The van der Waals surface area contributed by atoms with Crippen LogP contribution in [-0.4, -0.2) is 18.9 Å². The summed E-state index contributed by atoms with van der Waals surface area (Å²) < 4.78 is 39.8. The van der Waals surface area contributed by atoms with Crippen LogP contribution in [0, 0.1) is 0 Å². The van der Waals surface area contributed by atoms with E-state index in [9.17, 15) is 13.2 Å². The molecule has 3 N–H and O–H groups in total. The van der Waals surface area contributed by atoms with Crippen LogP contribution in [0.25, 0.3) is 0 Å². The number of ether oxygens (including phenoxy) is 1. The molecule has 0 aliphatic carbocycles. The van der Waals surface area contributed by atoms with Crippen LogP contribution in [0.5, 0.6) is 5.75 Å². The monoisotopic (exact) mass is 261 g/mol. The van der Waals surface area contributed by atoms with E-state index >= 15 is 0 Å². The van der Waals surface area contributed by atoms with Gasteiger partial charge in [0.2, 0.25) is 0 Å². The van der Waals surface area contributed by atoms with Crippen LogP contribution in [0.2, 0.25) is 0 Å². The quantitative estimate of drug-likeness (QED) is 0.647. The Morgan fingerprint density at radius 2 is 2.17 bits per heavy atom. The van der Waals surface area contributed by atoms with E-state index in [4.69, 9.17) is 5.73 Å². The smallest absolute Gasteiger partial charge is 0.406 e. The van der Waals surface area contributed by atoms with Gasteiger partial charge >= 0.3 is 6.36 Å². The second kappa shape index (κ2) is 6.13. The van der Waals surface area contributed by atoms with Gasteiger partial charge in [-0.1, -0.05) is 13.0 Å². The summed E-state index contributed by atoms with van der Waals surface area (Å²) in [4.78, 5) is 3.96. The maximum absolute atomic E-state index is 12.0. The summed E-state index contributed by atoms with van der Waals surface area (Å²) in [5, 5.41) is 2.68. The summed E-state index contributed by atoms with van der Waals surface area (Å²) in [5.74, 6) is -0.156. The minimum Gasteiger partial charge on any atom is -0.406 e. The SMILES string of the molecule is CCCN=C(N)Nc1cccc(OC(F)(F)F)c1. The maximum Gasteiger partial charge on any atom is 0.573 e. The van der Waals surface area contributed by atoms with Crippen LogP contribution in [0.15, 0.2) is 29.3 Å². The summed E-state index contributed by atoms with van der Waals surface area (Å²) in [6.07, 6.45) is -3.87. The van der Waals surface area contributed by atoms with Gasteiger partial charge in [-0.3, -0.25) is 4.99 Å². The number of hydrogen-bond donors (Lipinski definition) is 2. The molecule has 0 spiro atoms. The number of alkyl halides is 3. The summed E-state index contributed by atoms with van der Waals surface area (Å²) in [5.41, 5.74) is 5.93. The Morgan fingerprint density at radius 3 is 2.78 bits per heavy atom. The van der Waals surface area contributed by atoms with E-state index in [1.165, 1.54) is 18.2 Å². The van der Waals surface area contributed by atoms with Crippen LogP contribution in [-0.2, 0) is 0 Å². The fourth-order valence-electron chi connectivity index (χ4n) is 1.19. The van der Waals surface area contributed by atoms with Gasteiger partial charge in [0.05, 0.1) is 0 Å². The highest BCUT2D eigenvalue weighted by atomic mass is 19.4. The molecule has 1 aromatic rings. The predicted molar refractivity (Wildman–Crippen MR) is 63.5 cm³/mol. The molecule has 1 rings (SSSR count). The summed E-state index contributed by atoms with van der Waals surface area (Å²) >= 11 is 0. The van der Waals surface area contributed by atoms with Crippen molar-refractivity contribution in [3.05, 3.63) is 24.3 Å². The summed E-state index contributed by atoms with van der Waals surface area (Å²) in [6.45, 7) is 2.49. The maximum atomic E-state index is 12.0. The highest BCUT2D eigenvalue weighted by molar-refractivity contribution is 5.92. The van der Waals surface area contributed by atoms with Gasteiger partial charge in [-0.25, -0.2) is 0 Å². The third-order valence-electron chi connectivity index (χ3n) is 1.85. The normalized spacial score (nSPS) is 12.3. The Bertz CT molecular complexity index is 418. The first-order chi connectivity index (χ1) is 8.40. The van der Waals surface area contributed by atoms with Crippen molar-refractivity contribution in [2.75, 3.05) is 11.9 Å². The van der Waals surface area contributed by atoms with E-state index in [2.05, 4.69) is 15.0 Å². The summed E-state index contributed by atoms with van der Waals surface area (Å²) in [6, 6.07) is 5.40. The molecule has 7 heteroatoms. The number of rotatable bonds is 4. The highest BCUT2D eigenvalue weighted by Crippen LogP contribution is 2.24. The lowest BCUT2D eigenvalue weighted by Gasteiger charge is -2.10. The molecule has 0 atom stereocenters. The number of hydrogen-bond acceptors (Lipinski definition) is 2. The van der Waals surface area contributed by atoms with Crippen LogP contribution in [0.4, 0.5) is 18.9 Å². The second-order valence-corrected chi connectivity index (χ2v) is 3.47. The van der Waals surface area contributed by atoms with E-state index in [-0.39, 0.29) is 11.7 Å². The number of benzene rings is 1. The highest BCUT2D eigenvalue weighted by Gasteiger charge is 2.31. The Morgan fingerprint density at radius 1 is 1.44 bits per heavy atom. The third kappa shape index (κ3) is 5.42. The molecular formula is C11H14F3N3O. The van der Waals surface area contributed by atoms with E-state index in [1.807, 2.05) is 6.92 Å². The van der Waals surface area contributed by atoms with Gasteiger partial charge in [-0.15, -0.1) is 13.2 Å². The Labute approximate surface area is 103 Å². The second-order valence-electron chi connectivity index (χ2n) is 3.47. The lowest BCUT2D eigenvalue weighted by Crippen LogP contribution is -2.23. The van der Waals surface area contributed by atoms with Gasteiger partial charge in [-0.2, -0.15) is 0 Å². The summed E-state index contributed by atoms with van der Waals surface area (Å²) in [7, 11) is 0. The zero-order valence-corrected chi connectivity index (χ0v) is 9.79. The van der Waals surface area contributed by atoms with Gasteiger partial charge in [-0.05, 0) is 18.6 Å². The van der Waals surface area contributed by atoms with Crippen LogP contribution >= 0.6 is 0 Å². The minimum absolute atomic E-state index is 0.154. The van der Waals surface area contributed by atoms with E-state index in [0.717, 1.165) is 6.42 Å². The molecular weight excluding hydrogens is 247 g/mol. The fraction of sp³-hybridized carbons (Fsp3) is 0.364. The first kappa shape index (κ1) is 14.1. The van der Waals surface area contributed by atoms with Crippen molar-refractivity contribution in [1.29, 1.82) is 0 Å². The van der Waals surface area contributed by atoms with Gasteiger partial charge in [0.15, 0.2) is 5.96 Å². The zero-order valence-electron chi connectivity index (χ0n) is 9.79. The molecule has 0 aromatic heterocycles. The lowest BCUT2D eigenvalue weighted by molar-refractivity contribution is -0.274. The predicted octanol–water partition coefficient (Wildman–Crippen LogP) is 2.72. The fourth-order valence-corrected chi connectivity index (χ4v) is 1.19. The van der Waals surface area contributed by atoms with E-state index in [0.29, 0.717) is 12.2 Å². The van der Waals surface area contributed by atoms with E-state index < -0.39 is 6.36 Å². The zero-order chi connectivity index (χ0) is 13.6. The Balaban J connectivity index is 2.70. The molecule has 100 valence electrons. The number of nitrogens with one attached hydrogen (secondary N) is 1. The lowest BCUT2D eigenvalue weighted by atomic mass is 10.3. The van der Waals surface area contributed by atoms with Crippen LogP contribution in [0.3, 0.4) is 0 Å².